The molecule has 0 fully saturated rings. The van der Waals surface area contributed by atoms with Crippen LogP contribution in [0.3, 0.4) is 0 Å². The quantitative estimate of drug-likeness (QED) is 0.740. The van der Waals surface area contributed by atoms with Crippen LogP contribution in [0.5, 0.6) is 11.5 Å². The van der Waals surface area contributed by atoms with E-state index in [1.807, 2.05) is 18.2 Å². The molecule has 3 aromatic rings. The molecule has 0 aliphatic carbocycles. The predicted molar refractivity (Wildman–Crippen MR) is 77.0 cm³/mol. The zero-order chi connectivity index (χ0) is 14.1. The third kappa shape index (κ3) is 1.93. The second kappa shape index (κ2) is 4.77. The first-order valence-corrected chi connectivity index (χ1v) is 6.10. The Bertz CT molecular complexity index is 765. The average molecular weight is 270 g/mol. The largest absolute Gasteiger partial charge is 0.497 e. The van der Waals surface area contributed by atoms with Gasteiger partial charge >= 0.3 is 0 Å². The summed E-state index contributed by atoms with van der Waals surface area (Å²) in [6, 6.07) is 10.9. The van der Waals surface area contributed by atoms with Crippen molar-refractivity contribution in [2.75, 3.05) is 20.0 Å². The van der Waals surface area contributed by atoms with Gasteiger partial charge in [0, 0.05) is 5.69 Å². The van der Waals surface area contributed by atoms with E-state index in [9.17, 15) is 0 Å². The van der Waals surface area contributed by atoms with Crippen LogP contribution in [-0.4, -0.2) is 19.2 Å². The number of nitrogens with zero attached hydrogens (tertiary/aromatic N) is 1. The number of nitrogen functional groups attached to an aromatic ring is 1. The number of benzene rings is 2. The van der Waals surface area contributed by atoms with E-state index >= 15 is 0 Å². The summed E-state index contributed by atoms with van der Waals surface area (Å²) in [5.74, 6) is 1.81. The number of nitrogens with two attached hydrogens (primary N) is 1. The van der Waals surface area contributed by atoms with Crippen molar-refractivity contribution in [3.05, 3.63) is 36.4 Å². The fourth-order valence-electron chi connectivity index (χ4n) is 2.05. The molecule has 1 aromatic heterocycles. The number of ether oxygens (including phenoxy) is 2. The monoisotopic (exact) mass is 270 g/mol. The van der Waals surface area contributed by atoms with E-state index in [-0.39, 0.29) is 0 Å². The lowest BCUT2D eigenvalue weighted by atomic mass is 10.1. The molecule has 0 saturated carbocycles. The van der Waals surface area contributed by atoms with Gasteiger partial charge in [0.2, 0.25) is 5.89 Å². The van der Waals surface area contributed by atoms with Crippen molar-refractivity contribution >= 4 is 16.8 Å². The molecular weight excluding hydrogens is 256 g/mol. The van der Waals surface area contributed by atoms with Gasteiger partial charge in [-0.3, -0.25) is 0 Å². The lowest BCUT2D eigenvalue weighted by Gasteiger charge is -2.04. The predicted octanol–water partition coefficient (Wildman–Crippen LogP) is 3.09. The Morgan fingerprint density at radius 2 is 1.95 bits per heavy atom. The van der Waals surface area contributed by atoms with Gasteiger partial charge in [-0.15, -0.1) is 0 Å². The second-order valence-electron chi connectivity index (χ2n) is 4.28. The number of hydrogen-bond donors (Lipinski definition) is 1. The first-order chi connectivity index (χ1) is 9.72. The summed E-state index contributed by atoms with van der Waals surface area (Å²) in [6.45, 7) is 0. The number of oxazole rings is 1. The van der Waals surface area contributed by atoms with E-state index in [0.717, 1.165) is 0 Å². The van der Waals surface area contributed by atoms with Gasteiger partial charge in [0.25, 0.3) is 0 Å². The average Bonchev–Trinajstić information content (AvgIpc) is 2.91. The Kier molecular flexibility index (Phi) is 2.95. The number of fused-ring (bicyclic) bond motifs is 1. The Morgan fingerprint density at radius 1 is 1.10 bits per heavy atom. The Morgan fingerprint density at radius 3 is 2.70 bits per heavy atom. The number of para-hydroxylation sites is 1. The fraction of sp³-hybridized carbons (Fsp3) is 0.133. The summed E-state index contributed by atoms with van der Waals surface area (Å²) in [4.78, 5) is 4.46. The molecule has 0 bridgehead atoms. The van der Waals surface area contributed by atoms with Crippen LogP contribution in [0.25, 0.3) is 22.6 Å². The normalized spacial score (nSPS) is 10.7. The molecule has 0 saturated heterocycles. The maximum absolute atomic E-state index is 5.98. The number of rotatable bonds is 3. The van der Waals surface area contributed by atoms with Gasteiger partial charge < -0.3 is 19.6 Å². The molecule has 5 nitrogen and oxygen atoms in total. The van der Waals surface area contributed by atoms with E-state index in [2.05, 4.69) is 4.98 Å². The summed E-state index contributed by atoms with van der Waals surface area (Å²) in [5.41, 5.74) is 8.59. The SMILES string of the molecule is COc1ccc(N)c(-c2nc3c(OC)cccc3o2)c1. The highest BCUT2D eigenvalue weighted by Crippen LogP contribution is 2.34. The lowest BCUT2D eigenvalue weighted by Crippen LogP contribution is -1.92. The topological polar surface area (TPSA) is 70.5 Å². The number of aromatic nitrogens is 1. The number of hydrogen-bond acceptors (Lipinski definition) is 5. The lowest BCUT2D eigenvalue weighted by molar-refractivity contribution is 0.415. The molecule has 0 aliphatic rings. The van der Waals surface area contributed by atoms with E-state index in [0.29, 0.717) is 39.7 Å². The zero-order valence-corrected chi connectivity index (χ0v) is 11.2. The summed E-state index contributed by atoms with van der Waals surface area (Å²) in [7, 11) is 3.20. The molecule has 1 heterocycles. The molecule has 3 rings (SSSR count). The Hall–Kier alpha value is -2.69. The molecule has 2 N–H and O–H groups in total. The molecule has 0 atom stereocenters. The van der Waals surface area contributed by atoms with Crippen LogP contribution in [0.15, 0.2) is 40.8 Å². The fourth-order valence-corrected chi connectivity index (χ4v) is 2.05. The highest BCUT2D eigenvalue weighted by molar-refractivity contribution is 5.84. The van der Waals surface area contributed by atoms with Crippen LogP contribution in [0.2, 0.25) is 0 Å². The highest BCUT2D eigenvalue weighted by atomic mass is 16.5. The van der Waals surface area contributed by atoms with Gasteiger partial charge in [0.1, 0.15) is 11.5 Å². The van der Waals surface area contributed by atoms with Crippen LogP contribution in [0.1, 0.15) is 0 Å². The first kappa shape index (κ1) is 12.3. The van der Waals surface area contributed by atoms with Crippen molar-refractivity contribution in [2.45, 2.75) is 0 Å². The van der Waals surface area contributed by atoms with Crippen molar-refractivity contribution < 1.29 is 13.9 Å². The molecule has 2 aromatic carbocycles. The van der Waals surface area contributed by atoms with Crippen molar-refractivity contribution in [3.8, 4) is 23.0 Å². The van der Waals surface area contributed by atoms with Gasteiger partial charge in [-0.25, -0.2) is 4.98 Å². The smallest absolute Gasteiger partial charge is 0.229 e. The first-order valence-electron chi connectivity index (χ1n) is 6.10. The molecule has 102 valence electrons. The summed E-state index contributed by atoms with van der Waals surface area (Å²) >= 11 is 0. The van der Waals surface area contributed by atoms with Crippen molar-refractivity contribution in [1.82, 2.24) is 4.98 Å². The maximum atomic E-state index is 5.98. The summed E-state index contributed by atoms with van der Waals surface area (Å²) < 4.78 is 16.2. The minimum atomic E-state index is 0.445. The molecule has 0 unspecified atom stereocenters. The molecule has 20 heavy (non-hydrogen) atoms. The van der Waals surface area contributed by atoms with E-state index in [1.54, 1.807) is 32.4 Å². The van der Waals surface area contributed by atoms with Gasteiger partial charge in [0.05, 0.1) is 19.8 Å². The van der Waals surface area contributed by atoms with Gasteiger partial charge in [0.15, 0.2) is 11.1 Å². The van der Waals surface area contributed by atoms with Crippen molar-refractivity contribution in [2.24, 2.45) is 0 Å². The second-order valence-corrected chi connectivity index (χ2v) is 4.28. The van der Waals surface area contributed by atoms with Crippen molar-refractivity contribution in [1.29, 1.82) is 0 Å². The third-order valence-corrected chi connectivity index (χ3v) is 3.09. The van der Waals surface area contributed by atoms with Crippen LogP contribution >= 0.6 is 0 Å². The van der Waals surface area contributed by atoms with Gasteiger partial charge in [-0.2, -0.15) is 0 Å². The maximum Gasteiger partial charge on any atom is 0.229 e. The molecule has 0 spiro atoms. The van der Waals surface area contributed by atoms with Crippen molar-refractivity contribution in [3.63, 3.8) is 0 Å². The molecular formula is C15H14N2O3. The standard InChI is InChI=1S/C15H14N2O3/c1-18-9-6-7-11(16)10(8-9)15-17-14-12(19-2)4-3-5-13(14)20-15/h3-8H,16H2,1-2H3. The van der Waals surface area contributed by atoms with Gasteiger partial charge in [-0.1, -0.05) is 6.07 Å². The summed E-state index contributed by atoms with van der Waals surface area (Å²) in [5, 5.41) is 0. The Balaban J connectivity index is 2.20. The Labute approximate surface area is 115 Å². The van der Waals surface area contributed by atoms with E-state index < -0.39 is 0 Å². The number of anilines is 1. The third-order valence-electron chi connectivity index (χ3n) is 3.09. The molecule has 0 amide bonds. The number of methoxy groups -OCH3 is 2. The zero-order valence-electron chi connectivity index (χ0n) is 11.2. The van der Waals surface area contributed by atoms with Crippen LogP contribution in [0.4, 0.5) is 5.69 Å². The van der Waals surface area contributed by atoms with E-state index in [4.69, 9.17) is 19.6 Å². The highest BCUT2D eigenvalue weighted by Gasteiger charge is 2.14. The van der Waals surface area contributed by atoms with Crippen LogP contribution in [-0.2, 0) is 0 Å². The molecule has 0 radical (unpaired) electrons. The molecule has 0 aliphatic heterocycles. The van der Waals surface area contributed by atoms with Crippen LogP contribution < -0.4 is 15.2 Å². The molecule has 5 heteroatoms. The van der Waals surface area contributed by atoms with Crippen LogP contribution in [0, 0.1) is 0 Å². The summed E-state index contributed by atoms with van der Waals surface area (Å²) in [6.07, 6.45) is 0. The minimum Gasteiger partial charge on any atom is -0.497 e. The van der Waals surface area contributed by atoms with E-state index in [1.165, 1.54) is 0 Å². The van der Waals surface area contributed by atoms with Gasteiger partial charge in [-0.05, 0) is 30.3 Å². The minimum absolute atomic E-state index is 0.445.